The summed E-state index contributed by atoms with van der Waals surface area (Å²) in [6.45, 7) is 1.60. The maximum atomic E-state index is 12.3. The van der Waals surface area contributed by atoms with Gasteiger partial charge in [0.15, 0.2) is 0 Å². The fraction of sp³-hybridized carbons (Fsp3) is 0.316. The Balaban J connectivity index is 1.39. The molecule has 8 heteroatoms. The van der Waals surface area contributed by atoms with Crippen molar-refractivity contribution >= 4 is 45.4 Å². The molecule has 27 heavy (non-hydrogen) atoms. The lowest BCUT2D eigenvalue weighted by molar-refractivity contribution is 0.0825. The Labute approximate surface area is 170 Å². The molecule has 2 aromatic heterocycles. The molecule has 3 aromatic rings. The van der Waals surface area contributed by atoms with Crippen LogP contribution in [0.4, 0.5) is 10.6 Å². The number of piperidine rings is 1. The number of halogens is 1. The number of aromatic nitrogens is 3. The minimum atomic E-state index is -0.259. The van der Waals surface area contributed by atoms with E-state index in [1.54, 1.807) is 11.1 Å². The zero-order chi connectivity index (χ0) is 18.8. The van der Waals surface area contributed by atoms with Gasteiger partial charge in [0.2, 0.25) is 0 Å². The molecule has 0 unspecified atom stereocenters. The van der Waals surface area contributed by atoms with Crippen molar-refractivity contribution in [2.75, 3.05) is 18.8 Å². The number of amides is 1. The fourth-order valence-electron chi connectivity index (χ4n) is 3.45. The maximum absolute atomic E-state index is 12.3. The summed E-state index contributed by atoms with van der Waals surface area (Å²) in [6, 6.07) is 11.9. The summed E-state index contributed by atoms with van der Waals surface area (Å²) in [4.78, 5) is 18.3. The second-order valence-electron chi connectivity index (χ2n) is 6.58. The number of benzene rings is 1. The number of hydrogen-bond donors (Lipinski definition) is 1. The highest BCUT2D eigenvalue weighted by molar-refractivity contribution is 14.1. The quantitative estimate of drug-likeness (QED) is 0.583. The monoisotopic (exact) mass is 477 g/mol. The first-order valence-electron chi connectivity index (χ1n) is 8.87. The number of likely N-dealkylation sites (tertiary alicyclic amines) is 1. The molecule has 7 nitrogen and oxygen atoms in total. The van der Waals surface area contributed by atoms with E-state index >= 15 is 0 Å². The summed E-state index contributed by atoms with van der Waals surface area (Å²) in [5.41, 5.74) is 7.99. The van der Waals surface area contributed by atoms with Crippen LogP contribution in [0.2, 0.25) is 0 Å². The normalized spacial score (nSPS) is 15.2. The van der Waals surface area contributed by atoms with Crippen LogP contribution >= 0.6 is 22.6 Å². The molecule has 1 amide bonds. The van der Waals surface area contributed by atoms with Crippen molar-refractivity contribution in [3.05, 3.63) is 51.9 Å². The molecular weight excluding hydrogens is 457 g/mol. The Bertz CT molecular complexity index is 951. The molecule has 1 aliphatic heterocycles. The van der Waals surface area contributed by atoms with Gasteiger partial charge in [-0.2, -0.15) is 5.10 Å². The van der Waals surface area contributed by atoms with Gasteiger partial charge >= 0.3 is 6.09 Å². The summed E-state index contributed by atoms with van der Waals surface area (Å²) < 4.78 is 8.33. The standard InChI is InChI=1S/C19H20IN5O2/c20-17-16-15(6-9-22-18(16)21)25(23-17)14-7-10-24(11-8-14)19(26)27-12-13-4-2-1-3-5-13/h1-6,9,14H,7-8,10-12H2,(H2,21,22). The van der Waals surface area contributed by atoms with Gasteiger partial charge in [-0.1, -0.05) is 30.3 Å². The van der Waals surface area contributed by atoms with E-state index < -0.39 is 0 Å². The molecule has 0 spiro atoms. The summed E-state index contributed by atoms with van der Waals surface area (Å²) in [5.74, 6) is 0.505. The molecule has 1 aromatic carbocycles. The van der Waals surface area contributed by atoms with Crippen LogP contribution in [0.25, 0.3) is 10.9 Å². The fourth-order valence-corrected chi connectivity index (χ4v) is 4.24. The molecule has 2 N–H and O–H groups in total. The molecule has 0 atom stereocenters. The highest BCUT2D eigenvalue weighted by Crippen LogP contribution is 2.30. The van der Waals surface area contributed by atoms with E-state index in [1.165, 1.54) is 0 Å². The maximum Gasteiger partial charge on any atom is 0.410 e. The van der Waals surface area contributed by atoms with Crippen LogP contribution in [-0.4, -0.2) is 38.8 Å². The van der Waals surface area contributed by atoms with E-state index in [0.29, 0.717) is 25.5 Å². The van der Waals surface area contributed by atoms with E-state index in [0.717, 1.165) is 33.0 Å². The molecule has 1 fully saturated rings. The van der Waals surface area contributed by atoms with Crippen molar-refractivity contribution in [3.63, 3.8) is 0 Å². The van der Waals surface area contributed by atoms with E-state index in [-0.39, 0.29) is 12.1 Å². The number of ether oxygens (including phenoxy) is 1. The number of carbonyl (C=O) groups is 1. The van der Waals surface area contributed by atoms with Gasteiger partial charge in [-0.25, -0.2) is 9.78 Å². The van der Waals surface area contributed by atoms with Crippen LogP contribution in [0.15, 0.2) is 42.6 Å². The molecule has 0 radical (unpaired) electrons. The Morgan fingerprint density at radius 3 is 2.70 bits per heavy atom. The Kier molecular flexibility index (Phi) is 5.15. The van der Waals surface area contributed by atoms with Crippen LogP contribution in [0.5, 0.6) is 0 Å². The van der Waals surface area contributed by atoms with Crippen molar-refractivity contribution in [1.29, 1.82) is 0 Å². The SMILES string of the molecule is Nc1nccc2c1c(I)nn2C1CCN(C(=O)OCc2ccccc2)CC1. The van der Waals surface area contributed by atoms with Crippen molar-refractivity contribution in [3.8, 4) is 0 Å². The van der Waals surface area contributed by atoms with Crippen LogP contribution in [0.3, 0.4) is 0 Å². The number of rotatable bonds is 3. The Morgan fingerprint density at radius 1 is 1.22 bits per heavy atom. The first-order valence-corrected chi connectivity index (χ1v) is 9.95. The zero-order valence-corrected chi connectivity index (χ0v) is 16.9. The molecule has 140 valence electrons. The molecular formula is C19H20IN5O2. The van der Waals surface area contributed by atoms with Gasteiger partial charge in [0.1, 0.15) is 16.1 Å². The molecule has 3 heterocycles. The molecule has 4 rings (SSSR count). The predicted octanol–water partition coefficient (Wildman–Crippen LogP) is 3.59. The predicted molar refractivity (Wildman–Crippen MR) is 111 cm³/mol. The second-order valence-corrected chi connectivity index (χ2v) is 7.61. The molecule has 1 aliphatic rings. The van der Waals surface area contributed by atoms with Crippen LogP contribution in [0, 0.1) is 3.70 Å². The summed E-state index contributed by atoms with van der Waals surface area (Å²) in [7, 11) is 0. The van der Waals surface area contributed by atoms with E-state index in [1.807, 2.05) is 41.1 Å². The number of fused-ring (bicyclic) bond motifs is 1. The lowest BCUT2D eigenvalue weighted by Crippen LogP contribution is -2.39. The Hall–Kier alpha value is -2.36. The average molecular weight is 477 g/mol. The minimum Gasteiger partial charge on any atom is -0.445 e. The summed E-state index contributed by atoms with van der Waals surface area (Å²) in [5, 5.41) is 5.57. The topological polar surface area (TPSA) is 86.3 Å². The molecule has 0 saturated carbocycles. The number of nitrogens with two attached hydrogens (primary N) is 1. The van der Waals surface area contributed by atoms with Gasteiger partial charge in [-0.15, -0.1) is 0 Å². The molecule has 0 bridgehead atoms. The van der Waals surface area contributed by atoms with Crippen LogP contribution in [-0.2, 0) is 11.3 Å². The Morgan fingerprint density at radius 2 is 1.96 bits per heavy atom. The smallest absolute Gasteiger partial charge is 0.410 e. The van der Waals surface area contributed by atoms with Gasteiger partial charge in [0.05, 0.1) is 16.9 Å². The number of anilines is 1. The van der Waals surface area contributed by atoms with Crippen LogP contribution in [0.1, 0.15) is 24.4 Å². The summed E-state index contributed by atoms with van der Waals surface area (Å²) >= 11 is 2.20. The zero-order valence-electron chi connectivity index (χ0n) is 14.7. The average Bonchev–Trinajstić information content (AvgIpc) is 3.05. The van der Waals surface area contributed by atoms with Gasteiger partial charge in [0.25, 0.3) is 0 Å². The highest BCUT2D eigenvalue weighted by atomic mass is 127. The molecule has 0 aliphatic carbocycles. The van der Waals surface area contributed by atoms with E-state index in [9.17, 15) is 4.79 Å². The van der Waals surface area contributed by atoms with Gasteiger partial charge < -0.3 is 15.4 Å². The lowest BCUT2D eigenvalue weighted by atomic mass is 10.1. The third-order valence-electron chi connectivity index (χ3n) is 4.88. The highest BCUT2D eigenvalue weighted by Gasteiger charge is 2.27. The van der Waals surface area contributed by atoms with Gasteiger partial charge in [-0.05, 0) is 47.1 Å². The number of nitrogens with zero attached hydrogens (tertiary/aromatic N) is 4. The lowest BCUT2D eigenvalue weighted by Gasteiger charge is -2.31. The largest absolute Gasteiger partial charge is 0.445 e. The number of pyridine rings is 1. The van der Waals surface area contributed by atoms with E-state index in [2.05, 4.69) is 32.7 Å². The second kappa shape index (κ2) is 7.71. The van der Waals surface area contributed by atoms with Gasteiger partial charge in [-0.3, -0.25) is 4.68 Å². The van der Waals surface area contributed by atoms with E-state index in [4.69, 9.17) is 10.5 Å². The van der Waals surface area contributed by atoms with Crippen molar-refractivity contribution in [2.24, 2.45) is 0 Å². The van der Waals surface area contributed by atoms with Gasteiger partial charge in [0, 0.05) is 19.3 Å². The van der Waals surface area contributed by atoms with Crippen molar-refractivity contribution < 1.29 is 9.53 Å². The van der Waals surface area contributed by atoms with Crippen molar-refractivity contribution in [2.45, 2.75) is 25.5 Å². The molecule has 1 saturated heterocycles. The summed E-state index contributed by atoms with van der Waals surface area (Å²) in [6.07, 6.45) is 3.11. The number of hydrogen-bond acceptors (Lipinski definition) is 5. The third-order valence-corrected chi connectivity index (χ3v) is 5.64. The van der Waals surface area contributed by atoms with Crippen molar-refractivity contribution in [1.82, 2.24) is 19.7 Å². The van der Waals surface area contributed by atoms with Crippen LogP contribution < -0.4 is 5.73 Å². The third kappa shape index (κ3) is 3.71. The number of carbonyl (C=O) groups excluding carboxylic acids is 1. The minimum absolute atomic E-state index is 0.232. The first kappa shape index (κ1) is 18.0. The number of nitrogen functional groups attached to an aromatic ring is 1. The first-order chi connectivity index (χ1) is 13.1.